The van der Waals surface area contributed by atoms with Crippen molar-refractivity contribution in [2.45, 2.75) is 0 Å². The number of carbonyl (C=O) groups excluding carboxylic acids is 2. The number of nitro groups is 4. The Labute approximate surface area is 179 Å². The zero-order valence-electron chi connectivity index (χ0n) is 14.5. The van der Waals surface area contributed by atoms with E-state index in [4.69, 9.17) is 0 Å². The Morgan fingerprint density at radius 1 is 0.516 bits per heavy atom. The number of hydrogen-bond acceptors (Lipinski definition) is 12. The second-order valence-electron chi connectivity index (χ2n) is 5.08. The number of hydrogen-bond donors (Lipinski definition) is 0. The van der Waals surface area contributed by atoms with E-state index >= 15 is 0 Å². The van der Waals surface area contributed by atoms with Crippen LogP contribution in [-0.2, 0) is 16.8 Å². The van der Waals surface area contributed by atoms with Crippen molar-refractivity contribution < 1.29 is 56.3 Å². The van der Waals surface area contributed by atoms with Crippen molar-refractivity contribution >= 4 is 34.7 Å². The summed E-state index contributed by atoms with van der Waals surface area (Å²) in [6.07, 6.45) is 0. The zero-order valence-corrected chi connectivity index (χ0v) is 15.5. The van der Waals surface area contributed by atoms with Crippen LogP contribution in [0.25, 0.3) is 0 Å². The van der Waals surface area contributed by atoms with Gasteiger partial charge < -0.3 is 19.8 Å². The van der Waals surface area contributed by atoms with E-state index < -0.39 is 65.5 Å². The first-order valence-corrected chi connectivity index (χ1v) is 7.14. The third kappa shape index (κ3) is 7.43. The largest absolute Gasteiger partial charge is 2.00 e. The molecule has 0 bridgehead atoms. The molecule has 0 N–H and O–H groups in total. The van der Waals surface area contributed by atoms with Gasteiger partial charge in [0.05, 0.1) is 43.8 Å². The predicted molar refractivity (Wildman–Crippen MR) is 88.2 cm³/mol. The van der Waals surface area contributed by atoms with E-state index in [2.05, 4.69) is 0 Å². The maximum atomic E-state index is 10.4. The molecule has 1 radical (unpaired) electrons. The zero-order chi connectivity index (χ0) is 23.2. The first-order valence-electron chi connectivity index (χ1n) is 7.14. The number of non-ortho nitro benzene ring substituents is 4. The summed E-state index contributed by atoms with van der Waals surface area (Å²) < 4.78 is 0. The quantitative estimate of drug-likeness (QED) is 0.382. The van der Waals surface area contributed by atoms with Gasteiger partial charge in [0.1, 0.15) is 0 Å². The summed E-state index contributed by atoms with van der Waals surface area (Å²) in [6, 6.07) is 4.13. The molecule has 16 nitrogen and oxygen atoms in total. The molecule has 0 atom stereocenters. The van der Waals surface area contributed by atoms with Crippen molar-refractivity contribution in [3.8, 4) is 0 Å². The number of aromatic carboxylic acids is 2. The topological polar surface area (TPSA) is 253 Å². The fourth-order valence-corrected chi connectivity index (χ4v) is 1.85. The average molecular weight is 481 g/mol. The van der Waals surface area contributed by atoms with Gasteiger partial charge in [-0.25, -0.2) is 0 Å². The predicted octanol–water partition coefficient (Wildman–Crippen LogP) is -0.270. The fourth-order valence-electron chi connectivity index (χ4n) is 1.85. The van der Waals surface area contributed by atoms with E-state index in [1.54, 1.807) is 0 Å². The number of carboxylic acid groups (broad SMARTS) is 2. The Morgan fingerprint density at radius 3 is 0.839 bits per heavy atom. The molecule has 17 heteroatoms. The molecule has 2 aromatic carbocycles. The van der Waals surface area contributed by atoms with Crippen molar-refractivity contribution in [3.63, 3.8) is 0 Å². The summed E-state index contributed by atoms with van der Waals surface area (Å²) in [4.78, 5) is 58.4. The molecule has 0 aromatic heterocycles. The summed E-state index contributed by atoms with van der Waals surface area (Å²) >= 11 is 0. The molecule has 0 aliphatic rings. The second-order valence-corrected chi connectivity index (χ2v) is 5.08. The minimum absolute atomic E-state index is 0. The molecular weight excluding hydrogens is 475 g/mol. The maximum Gasteiger partial charge on any atom is 2.00 e. The number of carbonyl (C=O) groups is 2. The fraction of sp³-hybridized carbons (Fsp3) is 0. The standard InChI is InChI=1S/2C7H4N2O6.Co/c2*10-7(11)4-1-5(8(12)13)3-6(2-4)9(14)15;/h2*1-3H,(H,10,11);/q;;+2/p-2. The molecule has 0 unspecified atom stereocenters. The van der Waals surface area contributed by atoms with E-state index in [0.29, 0.717) is 36.4 Å². The molecule has 2 aromatic rings. The van der Waals surface area contributed by atoms with Crippen LogP contribution in [0.15, 0.2) is 36.4 Å². The molecule has 31 heavy (non-hydrogen) atoms. The maximum absolute atomic E-state index is 10.4. The van der Waals surface area contributed by atoms with Gasteiger partial charge in [-0.1, -0.05) is 0 Å². The summed E-state index contributed by atoms with van der Waals surface area (Å²) in [5, 5.41) is 62.1. The Hall–Kier alpha value is -4.51. The molecule has 2 rings (SSSR count). The number of nitro benzene ring substituents is 4. The number of benzene rings is 2. The third-order valence-corrected chi connectivity index (χ3v) is 3.12. The summed E-state index contributed by atoms with van der Waals surface area (Å²) in [5.74, 6) is -3.41. The van der Waals surface area contributed by atoms with Crippen molar-refractivity contribution in [3.05, 3.63) is 88.0 Å². The third-order valence-electron chi connectivity index (χ3n) is 3.12. The first kappa shape index (κ1) is 26.5. The van der Waals surface area contributed by atoms with E-state index in [1.165, 1.54) is 0 Å². The van der Waals surface area contributed by atoms with E-state index in [1.807, 2.05) is 0 Å². The van der Waals surface area contributed by atoms with Gasteiger partial charge in [-0.2, -0.15) is 0 Å². The van der Waals surface area contributed by atoms with Gasteiger partial charge in [-0.3, -0.25) is 40.5 Å². The van der Waals surface area contributed by atoms with Gasteiger partial charge in [0, 0.05) is 35.4 Å². The molecule has 0 heterocycles. The molecule has 163 valence electrons. The van der Waals surface area contributed by atoms with Crippen LogP contribution in [0.5, 0.6) is 0 Å². The van der Waals surface area contributed by atoms with Crippen molar-refractivity contribution in [1.82, 2.24) is 0 Å². The Morgan fingerprint density at radius 2 is 0.710 bits per heavy atom. The van der Waals surface area contributed by atoms with Gasteiger partial charge in [0.2, 0.25) is 0 Å². The van der Waals surface area contributed by atoms with E-state index in [0.717, 1.165) is 0 Å². The number of rotatable bonds is 6. The molecule has 0 aliphatic heterocycles. The van der Waals surface area contributed by atoms with Gasteiger partial charge >= 0.3 is 16.8 Å². The van der Waals surface area contributed by atoms with Gasteiger partial charge in [0.15, 0.2) is 0 Å². The van der Waals surface area contributed by atoms with Crippen LogP contribution in [0.2, 0.25) is 0 Å². The van der Waals surface area contributed by atoms with Crippen LogP contribution in [0.1, 0.15) is 20.7 Å². The van der Waals surface area contributed by atoms with Crippen LogP contribution in [0.3, 0.4) is 0 Å². The molecule has 0 saturated heterocycles. The van der Waals surface area contributed by atoms with Gasteiger partial charge in [-0.15, -0.1) is 0 Å². The van der Waals surface area contributed by atoms with Gasteiger partial charge in [-0.05, 0) is 0 Å². The van der Waals surface area contributed by atoms with Crippen LogP contribution in [0, 0.1) is 40.5 Å². The Balaban J connectivity index is 0.000000562. The molecular formula is C14H6CoN4O12. The molecule has 0 saturated carbocycles. The van der Waals surface area contributed by atoms with Crippen molar-refractivity contribution in [2.24, 2.45) is 0 Å². The normalized spacial score (nSPS) is 9.29. The summed E-state index contributed by atoms with van der Waals surface area (Å²) in [7, 11) is 0. The minimum atomic E-state index is -1.71. The number of carboxylic acids is 2. The van der Waals surface area contributed by atoms with Crippen molar-refractivity contribution in [1.29, 1.82) is 0 Å². The SMILES string of the molecule is O=C([O-])c1cc([N+](=O)[O-])cc([N+](=O)[O-])c1.O=C([O-])c1cc([N+](=O)[O-])cc([N+](=O)[O-])c1.[Co+2]. The summed E-state index contributed by atoms with van der Waals surface area (Å²) in [6.45, 7) is 0. The van der Waals surface area contributed by atoms with Crippen molar-refractivity contribution in [2.75, 3.05) is 0 Å². The van der Waals surface area contributed by atoms with Gasteiger partial charge in [0.25, 0.3) is 22.7 Å². The monoisotopic (exact) mass is 481 g/mol. The van der Waals surface area contributed by atoms with Crippen LogP contribution in [-0.4, -0.2) is 31.6 Å². The minimum Gasteiger partial charge on any atom is -0.545 e. The van der Waals surface area contributed by atoms with Crippen LogP contribution in [0.4, 0.5) is 22.7 Å². The molecule has 0 spiro atoms. The average Bonchev–Trinajstić information content (AvgIpc) is 2.67. The molecule has 0 fully saturated rings. The second kappa shape index (κ2) is 10.9. The first-order chi connectivity index (χ1) is 13.8. The van der Waals surface area contributed by atoms with E-state index in [9.17, 15) is 60.3 Å². The van der Waals surface area contributed by atoms with Crippen LogP contribution >= 0.6 is 0 Å². The van der Waals surface area contributed by atoms with E-state index in [-0.39, 0.29) is 16.8 Å². The molecule has 0 aliphatic carbocycles. The summed E-state index contributed by atoms with van der Waals surface area (Å²) in [5.41, 5.74) is -3.86. The molecule has 0 amide bonds. The van der Waals surface area contributed by atoms with Crippen LogP contribution < -0.4 is 10.2 Å². The smallest absolute Gasteiger partial charge is 0.545 e. The Kier molecular flexibility index (Phi) is 9.29. The number of nitrogens with zero attached hydrogens (tertiary/aromatic N) is 4. The Bertz CT molecular complexity index is 843.